The van der Waals surface area contributed by atoms with E-state index in [4.69, 9.17) is 28.3 Å². The topological polar surface area (TPSA) is 50.2 Å². The van der Waals surface area contributed by atoms with Gasteiger partial charge < -0.3 is 0 Å². The zero-order valence-corrected chi connectivity index (χ0v) is 23.1. The predicted octanol–water partition coefficient (Wildman–Crippen LogP) is 6.51. The van der Waals surface area contributed by atoms with E-state index in [2.05, 4.69) is 36.5 Å². The van der Waals surface area contributed by atoms with Gasteiger partial charge in [-0.25, -0.2) is 9.69 Å². The van der Waals surface area contributed by atoms with E-state index < -0.39 is 8.07 Å². The number of carbonyl (C=O) groups excluding carboxylic acids is 1. The second-order valence-corrected chi connectivity index (χ2v) is 15.5. The van der Waals surface area contributed by atoms with Crippen molar-refractivity contribution in [3.63, 3.8) is 0 Å². The van der Waals surface area contributed by atoms with E-state index in [1.54, 1.807) is 16.8 Å². The van der Waals surface area contributed by atoms with Crippen LogP contribution >= 0.6 is 23.2 Å². The van der Waals surface area contributed by atoms with E-state index in [0.29, 0.717) is 21.4 Å². The van der Waals surface area contributed by atoms with Gasteiger partial charge in [-0.2, -0.15) is 5.10 Å². The van der Waals surface area contributed by atoms with Gasteiger partial charge >= 0.3 is 0 Å². The average molecular weight is 526 g/mol. The van der Waals surface area contributed by atoms with Gasteiger partial charge in [-0.1, -0.05) is 67.3 Å². The van der Waals surface area contributed by atoms with Crippen LogP contribution in [-0.2, 0) is 0 Å². The first-order chi connectivity index (χ1) is 16.6. The molecule has 0 spiro atoms. The molecule has 0 atom stereocenters. The lowest BCUT2D eigenvalue weighted by atomic mass is 10.0. The van der Waals surface area contributed by atoms with Gasteiger partial charge in [-0.05, 0) is 50.1 Å². The second kappa shape index (κ2) is 10.6. The van der Waals surface area contributed by atoms with E-state index in [-0.39, 0.29) is 5.91 Å². The van der Waals surface area contributed by atoms with Crippen LogP contribution in [-0.4, -0.2) is 41.9 Å². The Morgan fingerprint density at radius 2 is 1.71 bits per heavy atom. The maximum absolute atomic E-state index is 13.2. The molecule has 0 unspecified atom stereocenters. The quantitative estimate of drug-likeness (QED) is 0.312. The van der Waals surface area contributed by atoms with Crippen LogP contribution in [0, 0.1) is 18.4 Å². The van der Waals surface area contributed by atoms with Gasteiger partial charge in [0.05, 0.1) is 16.4 Å². The van der Waals surface area contributed by atoms with E-state index in [1.807, 2.05) is 42.3 Å². The average Bonchev–Trinajstić information content (AvgIpc) is 3.15. The van der Waals surface area contributed by atoms with Gasteiger partial charge in [0.25, 0.3) is 5.91 Å². The molecular formula is C27H30Cl2N4OSi. The molecule has 8 heteroatoms. The van der Waals surface area contributed by atoms with Crippen LogP contribution in [0.5, 0.6) is 0 Å². The number of rotatable bonds is 4. The lowest BCUT2D eigenvalue weighted by molar-refractivity contribution is 0.0743. The Hall–Kier alpha value is -2.56. The van der Waals surface area contributed by atoms with Crippen LogP contribution in [0.1, 0.15) is 40.9 Å². The van der Waals surface area contributed by atoms with Crippen molar-refractivity contribution < 1.29 is 4.79 Å². The normalized spacial score (nSPS) is 14.3. The molecule has 1 aromatic heterocycles. The Morgan fingerprint density at radius 1 is 1.03 bits per heavy atom. The lowest BCUT2D eigenvalue weighted by Crippen LogP contribution is -2.45. The number of carbonyl (C=O) groups is 1. The molecule has 0 aliphatic carbocycles. The molecule has 1 N–H and O–H groups in total. The molecule has 1 aliphatic rings. The number of hydrazine groups is 1. The minimum atomic E-state index is -1.47. The molecule has 5 nitrogen and oxygen atoms in total. The molecular weight excluding hydrogens is 495 g/mol. The van der Waals surface area contributed by atoms with Crippen LogP contribution in [0.4, 0.5) is 0 Å². The van der Waals surface area contributed by atoms with Crippen LogP contribution < -0.4 is 5.43 Å². The molecule has 35 heavy (non-hydrogen) atoms. The minimum absolute atomic E-state index is 0.216. The maximum atomic E-state index is 13.2. The number of piperidine rings is 1. The van der Waals surface area contributed by atoms with Gasteiger partial charge in [0.15, 0.2) is 5.69 Å². The van der Waals surface area contributed by atoms with Gasteiger partial charge in [-0.15, -0.1) is 5.54 Å². The van der Waals surface area contributed by atoms with E-state index in [1.165, 1.54) is 6.42 Å². The van der Waals surface area contributed by atoms with Crippen molar-refractivity contribution in [3.05, 3.63) is 69.3 Å². The molecule has 1 aliphatic heterocycles. The van der Waals surface area contributed by atoms with Crippen molar-refractivity contribution in [3.8, 4) is 28.4 Å². The standard InChI is InChI=1S/C27H30Cl2N4OSi/c1-19-25(27(34)31-32-15-6-5-7-16-32)30-33(24-13-12-22(28)18-23(24)29)26(19)21-10-8-20(9-11-21)14-17-35(2,3)4/h8-13,18H,5-7,15-16H2,1-4H3,(H,31,34). The maximum Gasteiger partial charge on any atom is 0.286 e. The fourth-order valence-electron chi connectivity index (χ4n) is 4.05. The molecule has 0 saturated carbocycles. The van der Waals surface area contributed by atoms with Crippen LogP contribution in [0.15, 0.2) is 42.5 Å². The summed E-state index contributed by atoms with van der Waals surface area (Å²) in [5, 5.41) is 7.71. The molecule has 4 rings (SSSR count). The summed E-state index contributed by atoms with van der Waals surface area (Å²) in [5.41, 5.74) is 11.0. The number of aromatic nitrogens is 2. The van der Waals surface area contributed by atoms with Crippen LogP contribution in [0.25, 0.3) is 16.9 Å². The fraction of sp³-hybridized carbons (Fsp3) is 0.333. The molecule has 1 amide bonds. The van der Waals surface area contributed by atoms with Crippen LogP contribution in [0.3, 0.4) is 0 Å². The fourth-order valence-corrected chi connectivity index (χ4v) is 5.06. The highest BCUT2D eigenvalue weighted by atomic mass is 35.5. The molecule has 1 saturated heterocycles. The monoisotopic (exact) mass is 524 g/mol. The predicted molar refractivity (Wildman–Crippen MR) is 147 cm³/mol. The third-order valence-corrected chi connectivity index (χ3v) is 7.24. The Bertz CT molecular complexity index is 1290. The van der Waals surface area contributed by atoms with Crippen LogP contribution in [0.2, 0.25) is 29.7 Å². The van der Waals surface area contributed by atoms with Crippen molar-refractivity contribution in [1.82, 2.24) is 20.2 Å². The summed E-state index contributed by atoms with van der Waals surface area (Å²) >= 11 is 12.7. The summed E-state index contributed by atoms with van der Waals surface area (Å²) in [6.07, 6.45) is 3.34. The first-order valence-electron chi connectivity index (χ1n) is 11.9. The first kappa shape index (κ1) is 25.5. The smallest absolute Gasteiger partial charge is 0.283 e. The van der Waals surface area contributed by atoms with E-state index >= 15 is 0 Å². The highest BCUT2D eigenvalue weighted by Crippen LogP contribution is 2.33. The van der Waals surface area contributed by atoms with Crippen molar-refractivity contribution in [2.24, 2.45) is 0 Å². The molecule has 2 heterocycles. The summed E-state index contributed by atoms with van der Waals surface area (Å²) in [4.78, 5) is 13.2. The SMILES string of the molecule is Cc1c(C(=O)NN2CCCCC2)nn(-c2ccc(Cl)cc2Cl)c1-c1ccc(C#C[Si](C)(C)C)cc1. The summed E-state index contributed by atoms with van der Waals surface area (Å²) in [6.45, 7) is 10.3. The zero-order chi connectivity index (χ0) is 25.2. The summed E-state index contributed by atoms with van der Waals surface area (Å²) in [5.74, 6) is 3.08. The number of amides is 1. The van der Waals surface area contributed by atoms with Gasteiger partial charge in [0, 0.05) is 34.8 Å². The third-order valence-electron chi connectivity index (χ3n) is 5.83. The Labute approximate surface area is 218 Å². The number of hydrogen-bond acceptors (Lipinski definition) is 3. The van der Waals surface area contributed by atoms with Crippen molar-refractivity contribution >= 4 is 37.2 Å². The van der Waals surface area contributed by atoms with Gasteiger partial charge in [-0.3, -0.25) is 10.2 Å². The molecule has 182 valence electrons. The van der Waals surface area contributed by atoms with Crippen molar-refractivity contribution in [1.29, 1.82) is 0 Å². The van der Waals surface area contributed by atoms with E-state index in [9.17, 15) is 4.79 Å². The van der Waals surface area contributed by atoms with Gasteiger partial charge in [0.2, 0.25) is 0 Å². The van der Waals surface area contributed by atoms with Gasteiger partial charge in [0.1, 0.15) is 8.07 Å². The minimum Gasteiger partial charge on any atom is -0.283 e. The molecule has 2 aromatic carbocycles. The third kappa shape index (κ3) is 6.17. The number of nitrogens with one attached hydrogen (secondary N) is 1. The highest BCUT2D eigenvalue weighted by Gasteiger charge is 2.25. The number of hydrogen-bond donors (Lipinski definition) is 1. The van der Waals surface area contributed by atoms with Crippen molar-refractivity contribution in [2.75, 3.05) is 13.1 Å². The molecule has 3 aromatic rings. The van der Waals surface area contributed by atoms with E-state index in [0.717, 1.165) is 48.3 Å². The lowest BCUT2D eigenvalue weighted by Gasteiger charge is -2.26. The molecule has 1 fully saturated rings. The zero-order valence-electron chi connectivity index (χ0n) is 20.6. The molecule has 0 radical (unpaired) electrons. The largest absolute Gasteiger partial charge is 0.286 e. The number of benzene rings is 2. The van der Waals surface area contributed by atoms with Crippen molar-refractivity contribution in [2.45, 2.75) is 45.8 Å². The summed E-state index contributed by atoms with van der Waals surface area (Å²) in [6, 6.07) is 13.3. The number of halogens is 2. The summed E-state index contributed by atoms with van der Waals surface area (Å²) < 4.78 is 1.74. The Kier molecular flexibility index (Phi) is 7.73. The number of nitrogens with zero attached hydrogens (tertiary/aromatic N) is 3. The summed E-state index contributed by atoms with van der Waals surface area (Å²) in [7, 11) is -1.47. The highest BCUT2D eigenvalue weighted by molar-refractivity contribution is 6.83. The molecule has 0 bridgehead atoms. The second-order valence-electron chi connectivity index (χ2n) is 9.90. The Morgan fingerprint density at radius 3 is 2.34 bits per heavy atom. The first-order valence-corrected chi connectivity index (χ1v) is 16.1. The Balaban J connectivity index is 1.77.